The molecule has 0 saturated carbocycles. The second-order valence-electron chi connectivity index (χ2n) is 2.97. The molecule has 0 radical (unpaired) electrons. The summed E-state index contributed by atoms with van der Waals surface area (Å²) in [6.45, 7) is 4.48. The van der Waals surface area contributed by atoms with Crippen LogP contribution in [-0.2, 0) is 11.2 Å². The van der Waals surface area contributed by atoms with Crippen LogP contribution in [0, 0.1) is 6.92 Å². The normalized spacial score (nSPS) is 10.1. The van der Waals surface area contributed by atoms with Gasteiger partial charge in [0.2, 0.25) is 0 Å². The Morgan fingerprint density at radius 1 is 1.31 bits per heavy atom. The summed E-state index contributed by atoms with van der Waals surface area (Å²) in [6.07, 6.45) is 0.987. The molecule has 2 nitrogen and oxygen atoms in total. The molecule has 13 heavy (non-hydrogen) atoms. The zero-order valence-electron chi connectivity index (χ0n) is 8.46. The highest BCUT2D eigenvalue weighted by molar-refractivity contribution is 5.40. The van der Waals surface area contributed by atoms with E-state index in [1.807, 2.05) is 19.1 Å². The number of ether oxygens (including phenoxy) is 2. The molecule has 0 fully saturated rings. The molecule has 0 aromatic heterocycles. The van der Waals surface area contributed by atoms with Gasteiger partial charge in [0.05, 0.1) is 0 Å². The van der Waals surface area contributed by atoms with Gasteiger partial charge < -0.3 is 9.47 Å². The second kappa shape index (κ2) is 4.87. The molecule has 1 rings (SSSR count). The predicted octanol–water partition coefficient (Wildman–Crippen LogP) is 2.54. The predicted molar refractivity (Wildman–Crippen MR) is 53.1 cm³/mol. The van der Waals surface area contributed by atoms with Gasteiger partial charge in [0.15, 0.2) is 6.79 Å². The van der Waals surface area contributed by atoms with Gasteiger partial charge in [-0.1, -0.05) is 25.1 Å². The molecule has 72 valence electrons. The van der Waals surface area contributed by atoms with Gasteiger partial charge in [-0.3, -0.25) is 0 Å². The van der Waals surface area contributed by atoms with Gasteiger partial charge >= 0.3 is 0 Å². The fourth-order valence-electron chi connectivity index (χ4n) is 1.32. The SMILES string of the molecule is CCc1cccc(C)c1OCOC. The van der Waals surface area contributed by atoms with Crippen LogP contribution in [-0.4, -0.2) is 13.9 Å². The van der Waals surface area contributed by atoms with Crippen molar-refractivity contribution in [2.45, 2.75) is 20.3 Å². The molecule has 0 heterocycles. The Labute approximate surface area is 79.5 Å². The maximum absolute atomic E-state index is 5.49. The molecule has 1 aromatic carbocycles. The molecule has 0 amide bonds. The van der Waals surface area contributed by atoms with Crippen molar-refractivity contribution in [3.05, 3.63) is 29.3 Å². The summed E-state index contributed by atoms with van der Waals surface area (Å²) in [6, 6.07) is 6.18. The van der Waals surface area contributed by atoms with E-state index in [-0.39, 0.29) is 0 Å². The third-order valence-electron chi connectivity index (χ3n) is 2.00. The summed E-state index contributed by atoms with van der Waals surface area (Å²) >= 11 is 0. The van der Waals surface area contributed by atoms with Gasteiger partial charge in [0.1, 0.15) is 5.75 Å². The average molecular weight is 180 g/mol. The van der Waals surface area contributed by atoms with Crippen molar-refractivity contribution in [3.8, 4) is 5.75 Å². The summed E-state index contributed by atoms with van der Waals surface area (Å²) in [5.74, 6) is 0.965. The highest BCUT2D eigenvalue weighted by Gasteiger charge is 2.04. The molecule has 0 aliphatic carbocycles. The van der Waals surface area contributed by atoms with Crippen molar-refractivity contribution in [2.24, 2.45) is 0 Å². The first-order valence-electron chi connectivity index (χ1n) is 4.49. The van der Waals surface area contributed by atoms with Gasteiger partial charge in [0, 0.05) is 7.11 Å². The van der Waals surface area contributed by atoms with E-state index < -0.39 is 0 Å². The molecule has 0 N–H and O–H groups in total. The second-order valence-corrected chi connectivity index (χ2v) is 2.97. The molecule has 0 saturated heterocycles. The van der Waals surface area contributed by atoms with Crippen LogP contribution >= 0.6 is 0 Å². The van der Waals surface area contributed by atoms with Crippen LogP contribution in [0.15, 0.2) is 18.2 Å². The number of para-hydroxylation sites is 1. The monoisotopic (exact) mass is 180 g/mol. The van der Waals surface area contributed by atoms with Crippen LogP contribution in [0.4, 0.5) is 0 Å². The topological polar surface area (TPSA) is 18.5 Å². The fraction of sp³-hybridized carbons (Fsp3) is 0.455. The van der Waals surface area contributed by atoms with E-state index in [9.17, 15) is 0 Å². The first kappa shape index (κ1) is 10.1. The van der Waals surface area contributed by atoms with E-state index in [0.717, 1.165) is 17.7 Å². The Hall–Kier alpha value is -1.02. The molecule has 1 aromatic rings. The number of hydrogen-bond donors (Lipinski definition) is 0. The van der Waals surface area contributed by atoms with E-state index in [1.54, 1.807) is 7.11 Å². The fourth-order valence-corrected chi connectivity index (χ4v) is 1.32. The summed E-state index contributed by atoms with van der Waals surface area (Å²) in [4.78, 5) is 0. The lowest BCUT2D eigenvalue weighted by Gasteiger charge is -2.11. The van der Waals surface area contributed by atoms with Gasteiger partial charge in [0.25, 0.3) is 0 Å². The zero-order chi connectivity index (χ0) is 9.68. The minimum atomic E-state index is 0.317. The lowest BCUT2D eigenvalue weighted by atomic mass is 10.1. The summed E-state index contributed by atoms with van der Waals surface area (Å²) < 4.78 is 10.4. The van der Waals surface area contributed by atoms with Gasteiger partial charge in [-0.25, -0.2) is 0 Å². The van der Waals surface area contributed by atoms with Gasteiger partial charge in [-0.15, -0.1) is 0 Å². The maximum Gasteiger partial charge on any atom is 0.188 e. The number of benzene rings is 1. The van der Waals surface area contributed by atoms with Crippen molar-refractivity contribution in [3.63, 3.8) is 0 Å². The molecule has 0 bridgehead atoms. The van der Waals surface area contributed by atoms with Crippen molar-refractivity contribution in [1.29, 1.82) is 0 Å². The molecule has 0 aliphatic heterocycles. The largest absolute Gasteiger partial charge is 0.467 e. The molecular weight excluding hydrogens is 164 g/mol. The first-order valence-corrected chi connectivity index (χ1v) is 4.49. The lowest BCUT2D eigenvalue weighted by Crippen LogP contribution is -2.02. The molecule has 0 atom stereocenters. The van der Waals surface area contributed by atoms with Crippen LogP contribution < -0.4 is 4.74 Å². The van der Waals surface area contributed by atoms with Crippen LogP contribution in [0.25, 0.3) is 0 Å². The average Bonchev–Trinajstić information content (AvgIpc) is 2.15. The van der Waals surface area contributed by atoms with Crippen molar-refractivity contribution in [2.75, 3.05) is 13.9 Å². The third-order valence-corrected chi connectivity index (χ3v) is 2.00. The van der Waals surface area contributed by atoms with Gasteiger partial charge in [-0.05, 0) is 24.5 Å². The van der Waals surface area contributed by atoms with E-state index in [4.69, 9.17) is 9.47 Å². The zero-order valence-corrected chi connectivity index (χ0v) is 8.46. The van der Waals surface area contributed by atoms with Crippen LogP contribution in [0.3, 0.4) is 0 Å². The number of hydrogen-bond acceptors (Lipinski definition) is 2. The summed E-state index contributed by atoms with van der Waals surface area (Å²) in [7, 11) is 1.63. The molecule has 0 unspecified atom stereocenters. The molecular formula is C11H16O2. The highest BCUT2D eigenvalue weighted by atomic mass is 16.7. The molecule has 0 aliphatic rings. The third kappa shape index (κ3) is 2.46. The van der Waals surface area contributed by atoms with Crippen molar-refractivity contribution >= 4 is 0 Å². The lowest BCUT2D eigenvalue weighted by molar-refractivity contribution is 0.0499. The van der Waals surface area contributed by atoms with Gasteiger partial charge in [-0.2, -0.15) is 0 Å². The molecule has 0 spiro atoms. The number of aryl methyl sites for hydroxylation is 2. The Bertz CT molecular complexity index is 269. The minimum Gasteiger partial charge on any atom is -0.467 e. The standard InChI is InChI=1S/C11H16O2/c1-4-10-7-5-6-9(2)11(10)13-8-12-3/h5-7H,4,8H2,1-3H3. The van der Waals surface area contributed by atoms with Crippen LogP contribution in [0.2, 0.25) is 0 Å². The van der Waals surface area contributed by atoms with E-state index in [0.29, 0.717) is 6.79 Å². The highest BCUT2D eigenvalue weighted by Crippen LogP contribution is 2.23. The summed E-state index contributed by atoms with van der Waals surface area (Å²) in [5, 5.41) is 0. The first-order chi connectivity index (χ1) is 6.29. The number of rotatable bonds is 4. The van der Waals surface area contributed by atoms with Crippen LogP contribution in [0.5, 0.6) is 5.75 Å². The Balaban J connectivity index is 2.87. The number of methoxy groups -OCH3 is 1. The quantitative estimate of drug-likeness (QED) is 0.663. The van der Waals surface area contributed by atoms with E-state index in [1.165, 1.54) is 5.56 Å². The van der Waals surface area contributed by atoms with Crippen molar-refractivity contribution < 1.29 is 9.47 Å². The minimum absolute atomic E-state index is 0.317. The summed E-state index contributed by atoms with van der Waals surface area (Å²) in [5.41, 5.74) is 2.40. The van der Waals surface area contributed by atoms with E-state index >= 15 is 0 Å². The Morgan fingerprint density at radius 2 is 2.08 bits per heavy atom. The Kier molecular flexibility index (Phi) is 3.77. The van der Waals surface area contributed by atoms with E-state index in [2.05, 4.69) is 13.0 Å². The Morgan fingerprint density at radius 3 is 2.69 bits per heavy atom. The molecule has 2 heteroatoms. The van der Waals surface area contributed by atoms with Crippen molar-refractivity contribution in [1.82, 2.24) is 0 Å². The maximum atomic E-state index is 5.49. The van der Waals surface area contributed by atoms with Crippen LogP contribution in [0.1, 0.15) is 18.1 Å². The smallest absolute Gasteiger partial charge is 0.188 e.